The standard InChI is InChI=1S/C11H17NO2/c1-12-5-3-11(13,4-6-12)8-10-2-7-14-9-10/h2,7,9,13H,3-6,8H2,1H3. The molecule has 0 aliphatic carbocycles. The van der Waals surface area contributed by atoms with Crippen molar-refractivity contribution in [2.45, 2.75) is 24.9 Å². The maximum absolute atomic E-state index is 10.3. The summed E-state index contributed by atoms with van der Waals surface area (Å²) in [4.78, 5) is 2.25. The zero-order chi connectivity index (χ0) is 10.0. The number of nitrogens with zero attached hydrogens (tertiary/aromatic N) is 1. The van der Waals surface area contributed by atoms with Crippen LogP contribution in [0.2, 0.25) is 0 Å². The van der Waals surface area contributed by atoms with Crippen molar-refractivity contribution in [2.75, 3.05) is 20.1 Å². The minimum atomic E-state index is -0.517. The molecule has 0 bridgehead atoms. The van der Waals surface area contributed by atoms with E-state index in [1.807, 2.05) is 6.07 Å². The van der Waals surface area contributed by atoms with Gasteiger partial charge in [-0.25, -0.2) is 0 Å². The summed E-state index contributed by atoms with van der Waals surface area (Å²) in [5.41, 5.74) is 0.577. The van der Waals surface area contributed by atoms with Gasteiger partial charge >= 0.3 is 0 Å². The summed E-state index contributed by atoms with van der Waals surface area (Å²) in [5.74, 6) is 0. The summed E-state index contributed by atoms with van der Waals surface area (Å²) in [5, 5.41) is 10.3. The van der Waals surface area contributed by atoms with E-state index in [9.17, 15) is 5.11 Å². The molecule has 2 rings (SSSR count). The summed E-state index contributed by atoms with van der Waals surface area (Å²) in [7, 11) is 2.09. The molecule has 3 nitrogen and oxygen atoms in total. The van der Waals surface area contributed by atoms with Crippen LogP contribution in [-0.2, 0) is 6.42 Å². The Balaban J connectivity index is 1.96. The third kappa shape index (κ3) is 2.16. The average molecular weight is 195 g/mol. The SMILES string of the molecule is CN1CCC(O)(Cc2ccoc2)CC1. The predicted molar refractivity (Wildman–Crippen MR) is 54.1 cm³/mol. The van der Waals surface area contributed by atoms with Crippen LogP contribution < -0.4 is 0 Å². The molecule has 0 unspecified atom stereocenters. The van der Waals surface area contributed by atoms with E-state index >= 15 is 0 Å². The molecule has 0 atom stereocenters. The zero-order valence-electron chi connectivity index (χ0n) is 8.57. The third-order valence-corrected chi connectivity index (χ3v) is 3.03. The molecule has 2 heterocycles. The van der Waals surface area contributed by atoms with Gasteiger partial charge in [0.1, 0.15) is 0 Å². The number of furan rings is 1. The summed E-state index contributed by atoms with van der Waals surface area (Å²) < 4.78 is 5.00. The van der Waals surface area contributed by atoms with Gasteiger partial charge < -0.3 is 14.4 Å². The first-order chi connectivity index (χ1) is 6.68. The van der Waals surface area contributed by atoms with Crippen LogP contribution in [0.5, 0.6) is 0 Å². The van der Waals surface area contributed by atoms with Gasteiger partial charge in [0.15, 0.2) is 0 Å². The highest BCUT2D eigenvalue weighted by molar-refractivity contribution is 5.10. The lowest BCUT2D eigenvalue weighted by atomic mass is 9.86. The summed E-state index contributed by atoms with van der Waals surface area (Å²) in [6, 6.07) is 1.93. The average Bonchev–Trinajstić information content (AvgIpc) is 2.63. The van der Waals surface area contributed by atoms with Crippen molar-refractivity contribution in [1.82, 2.24) is 4.90 Å². The normalized spacial score (nSPS) is 22.4. The Hall–Kier alpha value is -0.800. The Morgan fingerprint density at radius 2 is 2.21 bits per heavy atom. The Labute approximate surface area is 84.3 Å². The minimum absolute atomic E-state index is 0.517. The van der Waals surface area contributed by atoms with Crippen LogP contribution in [0.1, 0.15) is 18.4 Å². The second-order valence-corrected chi connectivity index (χ2v) is 4.34. The van der Waals surface area contributed by atoms with E-state index in [1.165, 1.54) is 0 Å². The van der Waals surface area contributed by atoms with Crippen molar-refractivity contribution in [3.8, 4) is 0 Å². The number of aliphatic hydroxyl groups is 1. The van der Waals surface area contributed by atoms with Gasteiger partial charge in [0.05, 0.1) is 18.1 Å². The number of piperidine rings is 1. The third-order valence-electron chi connectivity index (χ3n) is 3.03. The van der Waals surface area contributed by atoms with E-state index in [4.69, 9.17) is 4.42 Å². The Morgan fingerprint density at radius 1 is 1.50 bits per heavy atom. The molecule has 0 radical (unpaired) electrons. The number of likely N-dealkylation sites (tertiary alicyclic amines) is 1. The van der Waals surface area contributed by atoms with E-state index in [-0.39, 0.29) is 0 Å². The molecule has 0 amide bonds. The van der Waals surface area contributed by atoms with Gasteiger partial charge in [0.25, 0.3) is 0 Å². The van der Waals surface area contributed by atoms with Crippen molar-refractivity contribution < 1.29 is 9.52 Å². The molecule has 3 heteroatoms. The molecule has 1 fully saturated rings. The van der Waals surface area contributed by atoms with Gasteiger partial charge in [-0.2, -0.15) is 0 Å². The van der Waals surface area contributed by atoms with Crippen molar-refractivity contribution in [2.24, 2.45) is 0 Å². The first kappa shape index (κ1) is 9.74. The fourth-order valence-electron chi connectivity index (χ4n) is 1.98. The molecule has 1 aromatic rings. The van der Waals surface area contributed by atoms with Gasteiger partial charge in [-0.15, -0.1) is 0 Å². The van der Waals surface area contributed by atoms with E-state index in [2.05, 4.69) is 11.9 Å². The van der Waals surface area contributed by atoms with Crippen molar-refractivity contribution in [1.29, 1.82) is 0 Å². The van der Waals surface area contributed by atoms with Crippen molar-refractivity contribution in [3.63, 3.8) is 0 Å². The van der Waals surface area contributed by atoms with Gasteiger partial charge in [0, 0.05) is 19.5 Å². The van der Waals surface area contributed by atoms with Crippen LogP contribution in [0.15, 0.2) is 23.0 Å². The second-order valence-electron chi connectivity index (χ2n) is 4.34. The monoisotopic (exact) mass is 195 g/mol. The lowest BCUT2D eigenvalue weighted by Gasteiger charge is -2.36. The van der Waals surface area contributed by atoms with E-state index in [0.717, 1.165) is 37.9 Å². The molecule has 14 heavy (non-hydrogen) atoms. The van der Waals surface area contributed by atoms with Crippen LogP contribution in [0.4, 0.5) is 0 Å². The van der Waals surface area contributed by atoms with Gasteiger partial charge in [-0.1, -0.05) is 0 Å². The fourth-order valence-corrected chi connectivity index (χ4v) is 1.98. The highest BCUT2D eigenvalue weighted by Gasteiger charge is 2.31. The first-order valence-electron chi connectivity index (χ1n) is 5.10. The maximum Gasteiger partial charge on any atom is 0.0935 e. The highest BCUT2D eigenvalue weighted by atomic mass is 16.3. The van der Waals surface area contributed by atoms with Gasteiger partial charge in [0.2, 0.25) is 0 Å². The number of rotatable bonds is 2. The molecule has 78 valence electrons. The van der Waals surface area contributed by atoms with Crippen molar-refractivity contribution in [3.05, 3.63) is 24.2 Å². The van der Waals surface area contributed by atoms with Crippen LogP contribution in [0.3, 0.4) is 0 Å². The molecule has 1 aliphatic heterocycles. The topological polar surface area (TPSA) is 36.6 Å². The van der Waals surface area contributed by atoms with Gasteiger partial charge in [-0.3, -0.25) is 0 Å². The molecule has 1 saturated heterocycles. The summed E-state index contributed by atoms with van der Waals surface area (Å²) in [6.07, 6.45) is 5.81. The molecule has 0 saturated carbocycles. The molecule has 1 aliphatic rings. The zero-order valence-corrected chi connectivity index (χ0v) is 8.57. The Bertz CT molecular complexity index is 273. The second kappa shape index (κ2) is 3.75. The Morgan fingerprint density at radius 3 is 2.79 bits per heavy atom. The van der Waals surface area contributed by atoms with Crippen LogP contribution in [0.25, 0.3) is 0 Å². The Kier molecular flexibility index (Phi) is 2.61. The van der Waals surface area contributed by atoms with Gasteiger partial charge in [-0.05, 0) is 31.5 Å². The lowest BCUT2D eigenvalue weighted by molar-refractivity contribution is -0.0151. The van der Waals surface area contributed by atoms with E-state index in [1.54, 1.807) is 12.5 Å². The lowest BCUT2D eigenvalue weighted by Crippen LogP contribution is -2.44. The van der Waals surface area contributed by atoms with Crippen LogP contribution >= 0.6 is 0 Å². The first-order valence-corrected chi connectivity index (χ1v) is 5.10. The molecule has 0 spiro atoms. The molecular formula is C11H17NO2. The van der Waals surface area contributed by atoms with Crippen LogP contribution in [-0.4, -0.2) is 35.7 Å². The highest BCUT2D eigenvalue weighted by Crippen LogP contribution is 2.25. The molecule has 0 aromatic carbocycles. The van der Waals surface area contributed by atoms with Crippen LogP contribution in [0, 0.1) is 0 Å². The smallest absolute Gasteiger partial charge is 0.0935 e. The maximum atomic E-state index is 10.3. The summed E-state index contributed by atoms with van der Waals surface area (Å²) >= 11 is 0. The largest absolute Gasteiger partial charge is 0.472 e. The minimum Gasteiger partial charge on any atom is -0.472 e. The molecular weight excluding hydrogens is 178 g/mol. The summed E-state index contributed by atoms with van der Waals surface area (Å²) in [6.45, 7) is 1.96. The fraction of sp³-hybridized carbons (Fsp3) is 0.636. The number of hydrogen-bond donors (Lipinski definition) is 1. The number of hydrogen-bond acceptors (Lipinski definition) is 3. The molecule has 1 aromatic heterocycles. The quantitative estimate of drug-likeness (QED) is 0.772. The molecule has 1 N–H and O–H groups in total. The predicted octanol–water partition coefficient (Wildman–Crippen LogP) is 1.28. The van der Waals surface area contributed by atoms with E-state index < -0.39 is 5.60 Å². The van der Waals surface area contributed by atoms with E-state index in [0.29, 0.717) is 0 Å². The van der Waals surface area contributed by atoms with Crippen molar-refractivity contribution >= 4 is 0 Å².